The fraction of sp³-hybridized carbons (Fsp3) is 0.316. The summed E-state index contributed by atoms with van der Waals surface area (Å²) in [5.74, 6) is -1.19. The Hall–Kier alpha value is -2.86. The Labute approximate surface area is 174 Å². The van der Waals surface area contributed by atoms with Crippen LogP contribution in [-0.2, 0) is 10.0 Å². The van der Waals surface area contributed by atoms with Gasteiger partial charge in [-0.3, -0.25) is 4.79 Å². The molecule has 0 aromatic heterocycles. The third-order valence-corrected chi connectivity index (χ3v) is 6.45. The monoisotopic (exact) mass is 460 g/mol. The average Bonchev–Trinajstić information content (AvgIpc) is 3.48. The van der Waals surface area contributed by atoms with E-state index < -0.39 is 56.8 Å². The van der Waals surface area contributed by atoms with E-state index in [0.717, 1.165) is 6.07 Å². The van der Waals surface area contributed by atoms with E-state index in [1.54, 1.807) is 4.72 Å². The normalized spacial score (nSPS) is 17.2. The molecule has 1 aliphatic heterocycles. The van der Waals surface area contributed by atoms with Gasteiger partial charge >= 0.3 is 6.18 Å². The number of fused-ring (bicyclic) bond motifs is 1. The third-order valence-electron chi connectivity index (χ3n) is 4.92. The number of carbonyl (C=O) groups excluding carboxylic acids is 1. The Morgan fingerprint density at radius 2 is 1.68 bits per heavy atom. The lowest BCUT2D eigenvalue weighted by Crippen LogP contribution is -2.47. The van der Waals surface area contributed by atoms with Gasteiger partial charge in [0.05, 0.1) is 10.5 Å². The van der Waals surface area contributed by atoms with E-state index in [4.69, 9.17) is 9.47 Å². The zero-order chi connectivity index (χ0) is 22.4. The molecule has 31 heavy (non-hydrogen) atoms. The van der Waals surface area contributed by atoms with Crippen LogP contribution in [0.5, 0.6) is 11.5 Å². The summed E-state index contributed by atoms with van der Waals surface area (Å²) in [6, 6.07) is 6.67. The lowest BCUT2D eigenvalue weighted by atomic mass is 10.2. The first-order valence-corrected chi connectivity index (χ1v) is 10.6. The van der Waals surface area contributed by atoms with Crippen LogP contribution in [0.15, 0.2) is 41.3 Å². The van der Waals surface area contributed by atoms with Crippen molar-refractivity contribution in [3.8, 4) is 11.5 Å². The van der Waals surface area contributed by atoms with E-state index >= 15 is 0 Å². The number of anilines is 1. The fourth-order valence-electron chi connectivity index (χ4n) is 3.05. The van der Waals surface area contributed by atoms with Gasteiger partial charge in [0.25, 0.3) is 5.91 Å². The molecule has 0 unspecified atom stereocenters. The highest BCUT2D eigenvalue weighted by Crippen LogP contribution is 2.49. The smallest absolute Gasteiger partial charge is 0.407 e. The molecule has 1 amide bonds. The molecule has 2 aromatic rings. The SMILES string of the molecule is O=C(Nc1ccc2c(c1)OCCO2)c1cc(S(=O)(=O)NC2(C(F)(F)F)CC2)ccc1F. The van der Waals surface area contributed by atoms with Crippen molar-refractivity contribution in [3.63, 3.8) is 0 Å². The first-order valence-electron chi connectivity index (χ1n) is 9.12. The molecular weight excluding hydrogens is 444 g/mol. The molecule has 2 aliphatic rings. The lowest BCUT2D eigenvalue weighted by Gasteiger charge is -2.21. The van der Waals surface area contributed by atoms with Gasteiger partial charge in [-0.15, -0.1) is 0 Å². The second kappa shape index (κ2) is 7.38. The number of carbonyl (C=O) groups is 1. The second-order valence-corrected chi connectivity index (χ2v) is 8.82. The summed E-state index contributed by atoms with van der Waals surface area (Å²) in [4.78, 5) is 11.9. The van der Waals surface area contributed by atoms with Gasteiger partial charge in [0, 0.05) is 11.8 Å². The molecule has 0 saturated heterocycles. The highest BCUT2D eigenvalue weighted by atomic mass is 32.2. The molecule has 12 heteroatoms. The summed E-state index contributed by atoms with van der Waals surface area (Å²) in [6.45, 7) is 0.681. The van der Waals surface area contributed by atoms with Crippen molar-refractivity contribution in [2.45, 2.75) is 29.5 Å². The molecule has 0 spiro atoms. The maximum absolute atomic E-state index is 14.2. The van der Waals surface area contributed by atoms with E-state index in [9.17, 15) is 30.8 Å². The molecule has 2 N–H and O–H groups in total. The number of nitrogens with one attached hydrogen (secondary N) is 2. The van der Waals surface area contributed by atoms with Crippen molar-refractivity contribution in [3.05, 3.63) is 47.8 Å². The first kappa shape index (κ1) is 21.4. The molecule has 1 fully saturated rings. The predicted molar refractivity (Wildman–Crippen MR) is 100 cm³/mol. The van der Waals surface area contributed by atoms with Crippen LogP contribution < -0.4 is 19.5 Å². The second-order valence-electron chi connectivity index (χ2n) is 7.14. The Bertz CT molecular complexity index is 1150. The molecule has 4 rings (SSSR count). The van der Waals surface area contributed by atoms with Crippen LogP contribution >= 0.6 is 0 Å². The molecule has 166 valence electrons. The summed E-state index contributed by atoms with van der Waals surface area (Å²) < 4.78 is 90.8. The zero-order valence-electron chi connectivity index (χ0n) is 15.8. The number of hydrogen-bond donors (Lipinski definition) is 2. The first-order chi connectivity index (χ1) is 14.5. The summed E-state index contributed by atoms with van der Waals surface area (Å²) in [6.07, 6.45) is -5.55. The highest BCUT2D eigenvalue weighted by Gasteiger charge is 2.65. The molecule has 2 aromatic carbocycles. The van der Waals surface area contributed by atoms with Gasteiger partial charge in [0.2, 0.25) is 10.0 Å². The van der Waals surface area contributed by atoms with E-state index in [2.05, 4.69) is 5.32 Å². The number of hydrogen-bond acceptors (Lipinski definition) is 5. The summed E-state index contributed by atoms with van der Waals surface area (Å²) in [7, 11) is -4.65. The molecule has 7 nitrogen and oxygen atoms in total. The minimum atomic E-state index is -4.77. The Morgan fingerprint density at radius 1 is 1.00 bits per heavy atom. The molecule has 1 saturated carbocycles. The van der Waals surface area contributed by atoms with Crippen molar-refractivity contribution in [1.29, 1.82) is 0 Å². The highest BCUT2D eigenvalue weighted by molar-refractivity contribution is 7.89. The topological polar surface area (TPSA) is 93.7 Å². The van der Waals surface area contributed by atoms with Crippen molar-refractivity contribution >= 4 is 21.6 Å². The van der Waals surface area contributed by atoms with Crippen molar-refractivity contribution in [2.24, 2.45) is 0 Å². The lowest BCUT2D eigenvalue weighted by molar-refractivity contribution is -0.160. The molecule has 1 aliphatic carbocycles. The molecule has 0 atom stereocenters. The van der Waals surface area contributed by atoms with E-state index in [1.165, 1.54) is 18.2 Å². The maximum Gasteiger partial charge on any atom is 0.407 e. The van der Waals surface area contributed by atoms with E-state index in [1.807, 2.05) is 0 Å². The average molecular weight is 460 g/mol. The van der Waals surface area contributed by atoms with E-state index in [-0.39, 0.29) is 5.69 Å². The van der Waals surface area contributed by atoms with Crippen LogP contribution in [-0.4, -0.2) is 39.3 Å². The Balaban J connectivity index is 1.57. The number of halogens is 4. The molecule has 0 radical (unpaired) electrons. The van der Waals surface area contributed by atoms with Crippen molar-refractivity contribution in [2.75, 3.05) is 18.5 Å². The summed E-state index contributed by atoms with van der Waals surface area (Å²) >= 11 is 0. The van der Waals surface area contributed by atoms with Crippen LogP contribution in [0.2, 0.25) is 0 Å². The molecule has 0 bridgehead atoms. The zero-order valence-corrected chi connectivity index (χ0v) is 16.6. The predicted octanol–water partition coefficient (Wildman–Crippen LogP) is 3.22. The van der Waals surface area contributed by atoms with Gasteiger partial charge in [-0.25, -0.2) is 12.8 Å². The number of alkyl halides is 3. The minimum absolute atomic E-state index is 0.231. The Morgan fingerprint density at radius 3 is 2.32 bits per heavy atom. The van der Waals surface area contributed by atoms with Crippen LogP contribution in [0.3, 0.4) is 0 Å². The van der Waals surface area contributed by atoms with Crippen LogP contribution in [0.25, 0.3) is 0 Å². The largest absolute Gasteiger partial charge is 0.486 e. The molecular formula is C19H16F4N2O5S. The van der Waals surface area contributed by atoms with Gasteiger partial charge in [0.15, 0.2) is 11.5 Å². The maximum atomic E-state index is 14.2. The quantitative estimate of drug-likeness (QED) is 0.669. The van der Waals surface area contributed by atoms with Gasteiger partial charge in [-0.2, -0.15) is 17.9 Å². The number of ether oxygens (including phenoxy) is 2. The van der Waals surface area contributed by atoms with Crippen LogP contribution in [0.4, 0.5) is 23.2 Å². The molecule has 1 heterocycles. The number of sulfonamides is 1. The van der Waals surface area contributed by atoms with Crippen molar-refractivity contribution in [1.82, 2.24) is 4.72 Å². The standard InChI is InChI=1S/C19H16F4N2O5S/c20-14-3-2-12(31(27,28)25-18(5-6-18)19(21,22)23)10-13(14)17(26)24-11-1-4-15-16(9-11)30-8-7-29-15/h1-4,9-10,25H,5-8H2,(H,24,26). The third kappa shape index (κ3) is 4.17. The fourth-order valence-corrected chi connectivity index (χ4v) is 4.52. The van der Waals surface area contributed by atoms with Gasteiger partial charge in [0.1, 0.15) is 24.6 Å². The van der Waals surface area contributed by atoms with Gasteiger partial charge in [-0.05, 0) is 43.2 Å². The number of rotatable bonds is 5. The summed E-state index contributed by atoms with van der Waals surface area (Å²) in [5, 5.41) is 2.40. The Kier molecular flexibility index (Phi) is 5.09. The van der Waals surface area contributed by atoms with Gasteiger partial charge < -0.3 is 14.8 Å². The van der Waals surface area contributed by atoms with Gasteiger partial charge in [-0.1, -0.05) is 0 Å². The van der Waals surface area contributed by atoms with Crippen LogP contribution in [0, 0.1) is 5.82 Å². The van der Waals surface area contributed by atoms with E-state index in [0.29, 0.717) is 36.8 Å². The number of amides is 1. The minimum Gasteiger partial charge on any atom is -0.486 e. The summed E-state index contributed by atoms with van der Waals surface area (Å²) in [5.41, 5.74) is -2.95. The van der Waals surface area contributed by atoms with Crippen LogP contribution in [0.1, 0.15) is 23.2 Å². The number of benzene rings is 2. The van der Waals surface area contributed by atoms with Crippen molar-refractivity contribution < 1.29 is 40.2 Å².